The van der Waals surface area contributed by atoms with Gasteiger partial charge in [0.25, 0.3) is 5.91 Å². The van der Waals surface area contributed by atoms with Gasteiger partial charge >= 0.3 is 0 Å². The predicted molar refractivity (Wildman–Crippen MR) is 77.3 cm³/mol. The number of pyridine rings is 1. The molecule has 1 unspecified atom stereocenters. The zero-order chi connectivity index (χ0) is 14.7. The molecule has 3 N–H and O–H groups in total. The summed E-state index contributed by atoms with van der Waals surface area (Å²) in [6.45, 7) is 1.92. The standard InChI is InChI=1S/C15H17N3O2/c1-10(11-5-7-17-8-6-11)18(2)15(20)13-9-12(19)3-4-14(13)16/h3-10,19H,16H2,1-2H3. The number of benzene rings is 1. The van der Waals surface area contributed by atoms with Crippen LogP contribution >= 0.6 is 0 Å². The molecule has 0 saturated heterocycles. The molecule has 0 bridgehead atoms. The zero-order valence-electron chi connectivity index (χ0n) is 11.4. The van der Waals surface area contributed by atoms with E-state index < -0.39 is 0 Å². The highest BCUT2D eigenvalue weighted by Gasteiger charge is 2.21. The number of anilines is 1. The van der Waals surface area contributed by atoms with E-state index in [1.807, 2.05) is 19.1 Å². The summed E-state index contributed by atoms with van der Waals surface area (Å²) >= 11 is 0. The molecule has 0 aliphatic carbocycles. The van der Waals surface area contributed by atoms with Crippen LogP contribution in [0.2, 0.25) is 0 Å². The van der Waals surface area contributed by atoms with E-state index in [1.54, 1.807) is 24.3 Å². The van der Waals surface area contributed by atoms with Crippen molar-refractivity contribution in [2.75, 3.05) is 12.8 Å². The van der Waals surface area contributed by atoms with Gasteiger partial charge in [-0.15, -0.1) is 0 Å². The van der Waals surface area contributed by atoms with E-state index in [4.69, 9.17) is 5.73 Å². The molecule has 0 fully saturated rings. The van der Waals surface area contributed by atoms with Crippen molar-refractivity contribution >= 4 is 11.6 Å². The molecule has 2 rings (SSSR count). The maximum atomic E-state index is 12.5. The van der Waals surface area contributed by atoms with Gasteiger partial charge in [-0.05, 0) is 42.8 Å². The fourth-order valence-corrected chi connectivity index (χ4v) is 1.96. The van der Waals surface area contributed by atoms with Crippen molar-refractivity contribution in [3.63, 3.8) is 0 Å². The highest BCUT2D eigenvalue weighted by molar-refractivity contribution is 5.99. The lowest BCUT2D eigenvalue weighted by Gasteiger charge is -2.25. The quantitative estimate of drug-likeness (QED) is 0.662. The Balaban J connectivity index is 2.27. The van der Waals surface area contributed by atoms with Gasteiger partial charge in [-0.2, -0.15) is 0 Å². The number of rotatable bonds is 3. The highest BCUT2D eigenvalue weighted by atomic mass is 16.3. The number of nitrogens with two attached hydrogens (primary N) is 1. The van der Waals surface area contributed by atoms with E-state index in [0.717, 1.165) is 5.56 Å². The minimum absolute atomic E-state index is 0.0208. The maximum absolute atomic E-state index is 12.5. The fourth-order valence-electron chi connectivity index (χ4n) is 1.96. The van der Waals surface area contributed by atoms with Gasteiger partial charge in [0.05, 0.1) is 11.6 Å². The molecule has 5 nitrogen and oxygen atoms in total. The Labute approximate surface area is 117 Å². The van der Waals surface area contributed by atoms with Crippen LogP contribution in [-0.4, -0.2) is 27.9 Å². The number of amides is 1. The molecule has 1 amide bonds. The molecule has 104 valence electrons. The van der Waals surface area contributed by atoms with Gasteiger partial charge in [-0.1, -0.05) is 0 Å². The number of aromatic nitrogens is 1. The molecule has 1 aromatic carbocycles. The summed E-state index contributed by atoms with van der Waals surface area (Å²) in [5.41, 5.74) is 7.43. The lowest BCUT2D eigenvalue weighted by molar-refractivity contribution is 0.0743. The molecule has 0 aliphatic heterocycles. The van der Waals surface area contributed by atoms with Crippen molar-refractivity contribution in [2.24, 2.45) is 0 Å². The van der Waals surface area contributed by atoms with Crippen molar-refractivity contribution in [3.8, 4) is 5.75 Å². The van der Waals surface area contributed by atoms with E-state index in [-0.39, 0.29) is 17.7 Å². The summed E-state index contributed by atoms with van der Waals surface area (Å²) in [4.78, 5) is 18.0. The second-order valence-corrected chi connectivity index (χ2v) is 4.64. The van der Waals surface area contributed by atoms with E-state index >= 15 is 0 Å². The number of aromatic hydroxyl groups is 1. The number of phenols is 1. The molecule has 0 saturated carbocycles. The summed E-state index contributed by atoms with van der Waals surface area (Å²) < 4.78 is 0. The van der Waals surface area contributed by atoms with Gasteiger partial charge in [0, 0.05) is 25.1 Å². The van der Waals surface area contributed by atoms with Crippen molar-refractivity contribution in [3.05, 3.63) is 53.9 Å². The molecule has 1 atom stereocenters. The van der Waals surface area contributed by atoms with Crippen LogP contribution in [0.5, 0.6) is 5.75 Å². The first-order chi connectivity index (χ1) is 9.50. The topological polar surface area (TPSA) is 79.5 Å². The van der Waals surface area contributed by atoms with Gasteiger partial charge in [0.1, 0.15) is 5.75 Å². The Morgan fingerprint density at radius 1 is 1.30 bits per heavy atom. The predicted octanol–water partition coefficient (Wildman–Crippen LogP) is 2.20. The van der Waals surface area contributed by atoms with Crippen LogP contribution in [0.4, 0.5) is 5.69 Å². The molecular formula is C15H17N3O2. The lowest BCUT2D eigenvalue weighted by atomic mass is 10.1. The van der Waals surface area contributed by atoms with E-state index in [2.05, 4.69) is 4.98 Å². The fraction of sp³-hybridized carbons (Fsp3) is 0.200. The first kappa shape index (κ1) is 13.9. The molecule has 0 aliphatic rings. The number of phenolic OH excluding ortho intramolecular Hbond substituents is 1. The Morgan fingerprint density at radius 2 is 1.95 bits per heavy atom. The third-order valence-electron chi connectivity index (χ3n) is 3.36. The SMILES string of the molecule is CC(c1ccncc1)N(C)C(=O)c1cc(O)ccc1N. The second-order valence-electron chi connectivity index (χ2n) is 4.64. The minimum atomic E-state index is -0.234. The van der Waals surface area contributed by atoms with Crippen molar-refractivity contribution in [1.29, 1.82) is 0 Å². The molecule has 5 heteroatoms. The van der Waals surface area contributed by atoms with Crippen molar-refractivity contribution < 1.29 is 9.90 Å². The highest BCUT2D eigenvalue weighted by Crippen LogP contribution is 2.24. The average molecular weight is 271 g/mol. The normalized spacial score (nSPS) is 11.9. The summed E-state index contributed by atoms with van der Waals surface area (Å²) in [5, 5.41) is 9.49. The zero-order valence-corrected chi connectivity index (χ0v) is 11.4. The van der Waals surface area contributed by atoms with E-state index in [1.165, 1.54) is 18.2 Å². The summed E-state index contributed by atoms with van der Waals surface area (Å²) in [7, 11) is 1.71. The van der Waals surface area contributed by atoms with Gasteiger partial charge in [-0.25, -0.2) is 0 Å². The summed E-state index contributed by atoms with van der Waals surface area (Å²) in [6, 6.07) is 7.96. The first-order valence-electron chi connectivity index (χ1n) is 6.26. The largest absolute Gasteiger partial charge is 0.508 e. The van der Waals surface area contributed by atoms with Crippen LogP contribution in [0.3, 0.4) is 0 Å². The average Bonchev–Trinajstić information content (AvgIpc) is 2.48. The van der Waals surface area contributed by atoms with Crippen LogP contribution in [0.1, 0.15) is 28.9 Å². The van der Waals surface area contributed by atoms with Crippen LogP contribution in [0.25, 0.3) is 0 Å². The summed E-state index contributed by atoms with van der Waals surface area (Å²) in [5.74, 6) is -0.213. The van der Waals surface area contributed by atoms with Crippen molar-refractivity contribution in [1.82, 2.24) is 9.88 Å². The van der Waals surface area contributed by atoms with Crippen LogP contribution in [0, 0.1) is 0 Å². The Morgan fingerprint density at radius 3 is 2.60 bits per heavy atom. The number of carbonyl (C=O) groups excluding carboxylic acids is 1. The second kappa shape index (κ2) is 5.61. The van der Waals surface area contributed by atoms with Gasteiger partial charge in [0.15, 0.2) is 0 Å². The minimum Gasteiger partial charge on any atom is -0.508 e. The number of nitrogens with zero attached hydrogens (tertiary/aromatic N) is 2. The van der Waals surface area contributed by atoms with Crippen LogP contribution in [-0.2, 0) is 0 Å². The smallest absolute Gasteiger partial charge is 0.256 e. The molecule has 1 aromatic heterocycles. The number of hydrogen-bond donors (Lipinski definition) is 2. The number of carbonyl (C=O) groups is 1. The molecular weight excluding hydrogens is 254 g/mol. The molecule has 20 heavy (non-hydrogen) atoms. The number of nitrogen functional groups attached to an aromatic ring is 1. The first-order valence-corrected chi connectivity index (χ1v) is 6.26. The van der Waals surface area contributed by atoms with Crippen molar-refractivity contribution in [2.45, 2.75) is 13.0 Å². The maximum Gasteiger partial charge on any atom is 0.256 e. The number of hydrogen-bond acceptors (Lipinski definition) is 4. The van der Waals surface area contributed by atoms with Gasteiger partial charge in [-0.3, -0.25) is 9.78 Å². The monoisotopic (exact) mass is 271 g/mol. The Kier molecular flexibility index (Phi) is 3.89. The summed E-state index contributed by atoms with van der Waals surface area (Å²) in [6.07, 6.45) is 3.37. The lowest BCUT2D eigenvalue weighted by Crippen LogP contribution is -2.30. The van der Waals surface area contributed by atoms with Crippen LogP contribution in [0.15, 0.2) is 42.7 Å². The van der Waals surface area contributed by atoms with Gasteiger partial charge < -0.3 is 15.7 Å². The van der Waals surface area contributed by atoms with E-state index in [0.29, 0.717) is 11.3 Å². The Hall–Kier alpha value is -2.56. The van der Waals surface area contributed by atoms with E-state index in [9.17, 15) is 9.90 Å². The Bertz CT molecular complexity index is 614. The third kappa shape index (κ3) is 2.71. The molecule has 0 spiro atoms. The molecule has 0 radical (unpaired) electrons. The molecule has 2 aromatic rings. The van der Waals surface area contributed by atoms with Gasteiger partial charge in [0.2, 0.25) is 0 Å². The van der Waals surface area contributed by atoms with Crippen LogP contribution < -0.4 is 5.73 Å². The third-order valence-corrected chi connectivity index (χ3v) is 3.36. The molecule has 1 heterocycles.